The van der Waals surface area contributed by atoms with Crippen LogP contribution in [0.5, 0.6) is 0 Å². The lowest BCUT2D eigenvalue weighted by atomic mass is 9.96. The van der Waals surface area contributed by atoms with Crippen molar-refractivity contribution in [2.45, 2.75) is 45.1 Å². The van der Waals surface area contributed by atoms with Gasteiger partial charge >= 0.3 is 0 Å². The average Bonchev–Trinajstić information content (AvgIpc) is 2.85. The summed E-state index contributed by atoms with van der Waals surface area (Å²) < 4.78 is 0. The summed E-state index contributed by atoms with van der Waals surface area (Å²) >= 11 is 0. The Morgan fingerprint density at radius 3 is 2.95 bits per heavy atom. The SMILES string of the molecule is CC(=O)N[C@@H]1CCN(c2nc(N)nc3c2CCCC3)C1. The Labute approximate surface area is 118 Å². The monoisotopic (exact) mass is 275 g/mol. The highest BCUT2D eigenvalue weighted by molar-refractivity contribution is 5.73. The van der Waals surface area contributed by atoms with E-state index in [0.29, 0.717) is 5.95 Å². The van der Waals surface area contributed by atoms with E-state index in [1.807, 2.05) is 0 Å². The summed E-state index contributed by atoms with van der Waals surface area (Å²) in [7, 11) is 0. The zero-order valence-electron chi connectivity index (χ0n) is 11.9. The minimum Gasteiger partial charge on any atom is -0.368 e. The van der Waals surface area contributed by atoms with Crippen molar-refractivity contribution >= 4 is 17.7 Å². The molecule has 0 bridgehead atoms. The minimum absolute atomic E-state index is 0.0288. The lowest BCUT2D eigenvalue weighted by Crippen LogP contribution is -2.36. The van der Waals surface area contributed by atoms with E-state index in [1.54, 1.807) is 6.92 Å². The van der Waals surface area contributed by atoms with Gasteiger partial charge in [0, 0.05) is 31.6 Å². The molecule has 108 valence electrons. The predicted molar refractivity (Wildman–Crippen MR) is 77.5 cm³/mol. The number of amides is 1. The number of rotatable bonds is 2. The number of anilines is 2. The largest absolute Gasteiger partial charge is 0.368 e. The third-order valence-corrected chi connectivity index (χ3v) is 4.07. The van der Waals surface area contributed by atoms with E-state index in [0.717, 1.165) is 43.9 Å². The molecular formula is C14H21N5O. The number of nitrogen functional groups attached to an aromatic ring is 1. The van der Waals surface area contributed by atoms with Crippen molar-refractivity contribution in [1.29, 1.82) is 0 Å². The number of fused-ring (bicyclic) bond motifs is 1. The normalized spacial score (nSPS) is 21.6. The second kappa shape index (κ2) is 5.26. The lowest BCUT2D eigenvalue weighted by molar-refractivity contribution is -0.119. The van der Waals surface area contributed by atoms with Crippen LogP contribution in [0.2, 0.25) is 0 Å². The van der Waals surface area contributed by atoms with E-state index in [9.17, 15) is 4.79 Å². The first-order chi connectivity index (χ1) is 9.63. The molecule has 1 aliphatic carbocycles. The molecule has 0 spiro atoms. The van der Waals surface area contributed by atoms with Crippen LogP contribution >= 0.6 is 0 Å². The van der Waals surface area contributed by atoms with Crippen molar-refractivity contribution in [2.75, 3.05) is 23.7 Å². The Kier molecular flexibility index (Phi) is 3.46. The summed E-state index contributed by atoms with van der Waals surface area (Å²) in [5.41, 5.74) is 8.22. The zero-order chi connectivity index (χ0) is 14.1. The van der Waals surface area contributed by atoms with Crippen LogP contribution in [0, 0.1) is 0 Å². The van der Waals surface area contributed by atoms with Gasteiger partial charge in [-0.2, -0.15) is 4.98 Å². The molecule has 1 fully saturated rings. The van der Waals surface area contributed by atoms with E-state index in [1.165, 1.54) is 18.4 Å². The van der Waals surface area contributed by atoms with Crippen LogP contribution in [0.15, 0.2) is 0 Å². The second-order valence-corrected chi connectivity index (χ2v) is 5.67. The summed E-state index contributed by atoms with van der Waals surface area (Å²) in [5, 5.41) is 2.98. The fourth-order valence-corrected chi connectivity index (χ4v) is 3.21. The molecule has 0 radical (unpaired) electrons. The van der Waals surface area contributed by atoms with E-state index in [4.69, 9.17) is 5.73 Å². The van der Waals surface area contributed by atoms with Gasteiger partial charge in [-0.3, -0.25) is 4.79 Å². The molecule has 2 aliphatic rings. The number of nitrogens with one attached hydrogen (secondary N) is 1. The van der Waals surface area contributed by atoms with Crippen molar-refractivity contribution in [3.05, 3.63) is 11.3 Å². The van der Waals surface area contributed by atoms with Crippen molar-refractivity contribution < 1.29 is 4.79 Å². The van der Waals surface area contributed by atoms with Crippen LogP contribution < -0.4 is 16.0 Å². The Balaban J connectivity index is 1.84. The summed E-state index contributed by atoms with van der Waals surface area (Å²) in [6.45, 7) is 3.28. The lowest BCUT2D eigenvalue weighted by Gasteiger charge is -2.25. The molecule has 3 rings (SSSR count). The maximum atomic E-state index is 11.2. The molecule has 20 heavy (non-hydrogen) atoms. The van der Waals surface area contributed by atoms with Gasteiger partial charge in [-0.15, -0.1) is 0 Å². The minimum atomic E-state index is 0.0288. The summed E-state index contributed by atoms with van der Waals surface area (Å²) in [6, 6.07) is 0.211. The van der Waals surface area contributed by atoms with Crippen LogP contribution in [-0.4, -0.2) is 35.0 Å². The first kappa shape index (κ1) is 13.1. The molecule has 0 unspecified atom stereocenters. The predicted octanol–water partition coefficient (Wildman–Crippen LogP) is 0.652. The van der Waals surface area contributed by atoms with Gasteiger partial charge in [-0.25, -0.2) is 4.98 Å². The highest BCUT2D eigenvalue weighted by Crippen LogP contribution is 2.30. The molecule has 0 aromatic carbocycles. The highest BCUT2D eigenvalue weighted by atomic mass is 16.1. The molecule has 0 saturated carbocycles. The highest BCUT2D eigenvalue weighted by Gasteiger charge is 2.28. The van der Waals surface area contributed by atoms with Gasteiger partial charge in [0.2, 0.25) is 11.9 Å². The Hall–Kier alpha value is -1.85. The van der Waals surface area contributed by atoms with Crippen LogP contribution in [0.3, 0.4) is 0 Å². The number of carbonyl (C=O) groups excluding carboxylic acids is 1. The van der Waals surface area contributed by atoms with Gasteiger partial charge in [0.1, 0.15) is 5.82 Å². The quantitative estimate of drug-likeness (QED) is 0.828. The van der Waals surface area contributed by atoms with Gasteiger partial charge in [-0.05, 0) is 32.1 Å². The number of nitrogens with zero attached hydrogens (tertiary/aromatic N) is 3. The van der Waals surface area contributed by atoms with Crippen LogP contribution in [0.4, 0.5) is 11.8 Å². The van der Waals surface area contributed by atoms with E-state index < -0.39 is 0 Å². The second-order valence-electron chi connectivity index (χ2n) is 5.67. The maximum absolute atomic E-state index is 11.2. The van der Waals surface area contributed by atoms with Crippen LogP contribution in [-0.2, 0) is 17.6 Å². The first-order valence-electron chi connectivity index (χ1n) is 7.31. The molecule has 1 atom stereocenters. The third-order valence-electron chi connectivity index (χ3n) is 4.07. The number of carbonyl (C=O) groups is 1. The molecule has 1 aliphatic heterocycles. The molecule has 1 aromatic heterocycles. The fourth-order valence-electron chi connectivity index (χ4n) is 3.21. The number of aryl methyl sites for hydroxylation is 1. The van der Waals surface area contributed by atoms with Crippen molar-refractivity contribution in [3.63, 3.8) is 0 Å². The van der Waals surface area contributed by atoms with Crippen molar-refractivity contribution in [3.8, 4) is 0 Å². The smallest absolute Gasteiger partial charge is 0.222 e. The molecule has 3 N–H and O–H groups in total. The van der Waals surface area contributed by atoms with Crippen LogP contribution in [0.25, 0.3) is 0 Å². The summed E-state index contributed by atoms with van der Waals surface area (Å²) in [4.78, 5) is 22.2. The number of nitrogens with two attached hydrogens (primary N) is 1. The van der Waals surface area contributed by atoms with Gasteiger partial charge in [-0.1, -0.05) is 0 Å². The molecule has 2 heterocycles. The number of hydrogen-bond donors (Lipinski definition) is 2. The Bertz CT molecular complexity index is 531. The van der Waals surface area contributed by atoms with Crippen LogP contribution in [0.1, 0.15) is 37.4 Å². The summed E-state index contributed by atoms with van der Waals surface area (Å²) in [5.74, 6) is 1.38. The Morgan fingerprint density at radius 2 is 2.15 bits per heavy atom. The molecule has 1 saturated heterocycles. The standard InChI is InChI=1S/C14H21N5O/c1-9(20)16-10-6-7-19(8-10)13-11-4-2-3-5-12(11)17-14(15)18-13/h10H,2-8H2,1H3,(H,16,20)(H2,15,17,18)/t10-/m1/s1. The van der Waals surface area contributed by atoms with Gasteiger partial charge in [0.25, 0.3) is 0 Å². The van der Waals surface area contributed by atoms with Crippen molar-refractivity contribution in [1.82, 2.24) is 15.3 Å². The van der Waals surface area contributed by atoms with Gasteiger partial charge in [0.05, 0.1) is 5.69 Å². The molecular weight excluding hydrogens is 254 g/mol. The average molecular weight is 275 g/mol. The van der Waals surface area contributed by atoms with Gasteiger partial charge < -0.3 is 16.0 Å². The molecule has 1 aromatic rings. The number of hydrogen-bond acceptors (Lipinski definition) is 5. The third kappa shape index (κ3) is 2.55. The summed E-state index contributed by atoms with van der Waals surface area (Å²) in [6.07, 6.45) is 5.36. The van der Waals surface area contributed by atoms with Gasteiger partial charge in [0.15, 0.2) is 0 Å². The fraction of sp³-hybridized carbons (Fsp3) is 0.643. The van der Waals surface area contributed by atoms with Crippen molar-refractivity contribution in [2.24, 2.45) is 0 Å². The van der Waals surface area contributed by atoms with E-state index in [-0.39, 0.29) is 11.9 Å². The topological polar surface area (TPSA) is 84.1 Å². The van der Waals surface area contributed by atoms with E-state index in [2.05, 4.69) is 20.2 Å². The molecule has 1 amide bonds. The zero-order valence-corrected chi connectivity index (χ0v) is 11.9. The Morgan fingerprint density at radius 1 is 1.35 bits per heavy atom. The molecule has 6 heteroatoms. The van der Waals surface area contributed by atoms with E-state index >= 15 is 0 Å². The first-order valence-corrected chi connectivity index (χ1v) is 7.31. The molecule has 6 nitrogen and oxygen atoms in total. The number of aromatic nitrogens is 2. The maximum Gasteiger partial charge on any atom is 0.222 e.